The van der Waals surface area contributed by atoms with Gasteiger partial charge in [0.1, 0.15) is 6.04 Å². The number of methoxy groups -OCH3 is 1. The first-order valence-electron chi connectivity index (χ1n) is 11.6. The van der Waals surface area contributed by atoms with Gasteiger partial charge < -0.3 is 14.4 Å². The molecule has 2 aliphatic heterocycles. The van der Waals surface area contributed by atoms with E-state index in [9.17, 15) is 14.4 Å². The molecule has 0 spiro atoms. The van der Waals surface area contributed by atoms with Crippen LogP contribution in [0, 0.1) is 5.92 Å². The SMILES string of the molecule is CCOC(=O)C1CCCN(C(=O)C(C)N2CCN(C(C(=O)OC)c3ccccc3Cl)CC2)C1. The van der Waals surface area contributed by atoms with Crippen LogP contribution in [-0.4, -0.2) is 91.6 Å². The van der Waals surface area contributed by atoms with Crippen LogP contribution in [-0.2, 0) is 23.9 Å². The van der Waals surface area contributed by atoms with Crippen molar-refractivity contribution in [3.8, 4) is 0 Å². The Labute approximate surface area is 200 Å². The second-order valence-corrected chi connectivity index (χ2v) is 8.98. The van der Waals surface area contributed by atoms with Crippen LogP contribution in [0.4, 0.5) is 0 Å². The minimum atomic E-state index is -0.579. The molecule has 2 aliphatic rings. The summed E-state index contributed by atoms with van der Waals surface area (Å²) in [6.45, 7) is 7.63. The minimum absolute atomic E-state index is 0.0353. The second kappa shape index (κ2) is 11.8. The number of esters is 2. The Bertz CT molecular complexity index is 843. The zero-order chi connectivity index (χ0) is 24.0. The number of hydrogen-bond donors (Lipinski definition) is 0. The Morgan fingerprint density at radius 1 is 1.09 bits per heavy atom. The molecule has 0 saturated carbocycles. The molecule has 1 aromatic rings. The van der Waals surface area contributed by atoms with Crippen molar-refractivity contribution in [1.29, 1.82) is 0 Å². The lowest BCUT2D eigenvalue weighted by molar-refractivity contribution is -0.153. The van der Waals surface area contributed by atoms with Crippen LogP contribution < -0.4 is 0 Å². The van der Waals surface area contributed by atoms with Crippen molar-refractivity contribution in [3.05, 3.63) is 34.9 Å². The zero-order valence-electron chi connectivity index (χ0n) is 19.7. The summed E-state index contributed by atoms with van der Waals surface area (Å²) in [4.78, 5) is 43.9. The number of hydrogen-bond acceptors (Lipinski definition) is 7. The molecule has 1 amide bonds. The highest BCUT2D eigenvalue weighted by atomic mass is 35.5. The monoisotopic (exact) mass is 479 g/mol. The number of halogens is 1. The fourth-order valence-corrected chi connectivity index (χ4v) is 4.95. The maximum atomic E-state index is 13.2. The summed E-state index contributed by atoms with van der Waals surface area (Å²) in [5.41, 5.74) is 0.724. The number of piperidine rings is 1. The molecular formula is C24H34ClN3O5. The molecule has 2 saturated heterocycles. The summed E-state index contributed by atoms with van der Waals surface area (Å²) in [5.74, 6) is -0.778. The molecule has 182 valence electrons. The van der Waals surface area contributed by atoms with Gasteiger partial charge in [0.25, 0.3) is 0 Å². The standard InChI is InChI=1S/C24H34ClN3O5/c1-4-33-23(30)18-8-7-11-28(16-18)22(29)17(2)26-12-14-27(15-13-26)21(24(31)32-3)19-9-5-6-10-20(19)25/h5-6,9-10,17-18,21H,4,7-8,11-16H2,1-3H3. The summed E-state index contributed by atoms with van der Waals surface area (Å²) >= 11 is 6.37. The van der Waals surface area contributed by atoms with E-state index < -0.39 is 6.04 Å². The van der Waals surface area contributed by atoms with E-state index in [0.717, 1.165) is 18.4 Å². The lowest BCUT2D eigenvalue weighted by Gasteiger charge is -2.42. The van der Waals surface area contributed by atoms with Crippen molar-refractivity contribution in [1.82, 2.24) is 14.7 Å². The van der Waals surface area contributed by atoms with Gasteiger partial charge in [-0.1, -0.05) is 29.8 Å². The van der Waals surface area contributed by atoms with E-state index in [4.69, 9.17) is 21.1 Å². The van der Waals surface area contributed by atoms with Gasteiger partial charge >= 0.3 is 11.9 Å². The molecule has 3 rings (SSSR count). The van der Waals surface area contributed by atoms with Crippen LogP contribution in [0.1, 0.15) is 38.3 Å². The van der Waals surface area contributed by atoms with Crippen molar-refractivity contribution in [3.63, 3.8) is 0 Å². The third kappa shape index (κ3) is 6.05. The van der Waals surface area contributed by atoms with E-state index in [-0.39, 0.29) is 29.8 Å². The fourth-order valence-electron chi connectivity index (χ4n) is 4.71. The number of ether oxygens (including phenoxy) is 2. The van der Waals surface area contributed by atoms with Crippen molar-refractivity contribution < 1.29 is 23.9 Å². The van der Waals surface area contributed by atoms with E-state index in [1.807, 2.05) is 25.1 Å². The lowest BCUT2D eigenvalue weighted by Crippen LogP contribution is -2.57. The van der Waals surface area contributed by atoms with Crippen molar-refractivity contribution in [2.75, 3.05) is 53.0 Å². The number of benzene rings is 1. The highest BCUT2D eigenvalue weighted by molar-refractivity contribution is 6.31. The summed E-state index contributed by atoms with van der Waals surface area (Å²) in [7, 11) is 1.38. The molecule has 3 atom stereocenters. The smallest absolute Gasteiger partial charge is 0.327 e. The zero-order valence-corrected chi connectivity index (χ0v) is 20.4. The van der Waals surface area contributed by atoms with Gasteiger partial charge in [0, 0.05) is 44.3 Å². The fraction of sp³-hybridized carbons (Fsp3) is 0.625. The number of amides is 1. The van der Waals surface area contributed by atoms with Gasteiger partial charge in [-0.3, -0.25) is 19.4 Å². The Balaban J connectivity index is 1.61. The first kappa shape index (κ1) is 25.5. The quantitative estimate of drug-likeness (QED) is 0.555. The molecule has 2 fully saturated rings. The lowest BCUT2D eigenvalue weighted by atomic mass is 9.97. The third-order valence-corrected chi connectivity index (χ3v) is 6.94. The van der Waals surface area contributed by atoms with E-state index in [1.54, 1.807) is 17.9 Å². The first-order valence-corrected chi connectivity index (χ1v) is 12.0. The number of carbonyl (C=O) groups excluding carboxylic acids is 3. The van der Waals surface area contributed by atoms with Gasteiger partial charge in [0.05, 0.1) is 25.7 Å². The van der Waals surface area contributed by atoms with Crippen LogP contribution in [0.3, 0.4) is 0 Å². The number of nitrogens with zero attached hydrogens (tertiary/aromatic N) is 3. The molecule has 3 unspecified atom stereocenters. The van der Waals surface area contributed by atoms with Crippen LogP contribution in [0.5, 0.6) is 0 Å². The van der Waals surface area contributed by atoms with Crippen molar-refractivity contribution in [2.24, 2.45) is 5.92 Å². The molecule has 33 heavy (non-hydrogen) atoms. The Morgan fingerprint density at radius 3 is 2.39 bits per heavy atom. The van der Waals surface area contributed by atoms with Crippen LogP contribution in [0.25, 0.3) is 0 Å². The number of piperazine rings is 1. The normalized spacial score (nSPS) is 21.8. The molecule has 0 N–H and O–H groups in total. The summed E-state index contributed by atoms with van der Waals surface area (Å²) < 4.78 is 10.2. The van der Waals surface area contributed by atoms with Gasteiger partial charge in [-0.15, -0.1) is 0 Å². The van der Waals surface area contributed by atoms with E-state index >= 15 is 0 Å². The molecular weight excluding hydrogens is 446 g/mol. The number of rotatable bonds is 7. The molecule has 8 nitrogen and oxygen atoms in total. The minimum Gasteiger partial charge on any atom is -0.468 e. The van der Waals surface area contributed by atoms with Gasteiger partial charge in [-0.05, 0) is 38.3 Å². The average molecular weight is 480 g/mol. The largest absolute Gasteiger partial charge is 0.468 e. The van der Waals surface area contributed by atoms with E-state index in [1.165, 1.54) is 7.11 Å². The predicted molar refractivity (Wildman–Crippen MR) is 125 cm³/mol. The van der Waals surface area contributed by atoms with E-state index in [0.29, 0.717) is 50.9 Å². The number of carbonyl (C=O) groups is 3. The third-order valence-electron chi connectivity index (χ3n) is 6.60. The average Bonchev–Trinajstić information content (AvgIpc) is 2.85. The molecule has 2 heterocycles. The van der Waals surface area contributed by atoms with Gasteiger partial charge in [-0.2, -0.15) is 0 Å². The van der Waals surface area contributed by atoms with Gasteiger partial charge in [0.2, 0.25) is 5.91 Å². The summed E-state index contributed by atoms with van der Waals surface area (Å²) in [6, 6.07) is 6.42. The Kier molecular flexibility index (Phi) is 9.11. The molecule has 0 aromatic heterocycles. The second-order valence-electron chi connectivity index (χ2n) is 8.57. The summed E-state index contributed by atoms with van der Waals surface area (Å²) in [6.07, 6.45) is 1.56. The summed E-state index contributed by atoms with van der Waals surface area (Å²) in [5, 5.41) is 0.528. The van der Waals surface area contributed by atoms with Crippen molar-refractivity contribution in [2.45, 2.75) is 38.8 Å². The highest BCUT2D eigenvalue weighted by Gasteiger charge is 2.37. The van der Waals surface area contributed by atoms with Crippen LogP contribution in [0.2, 0.25) is 5.02 Å². The molecule has 0 aliphatic carbocycles. The molecule has 1 aromatic carbocycles. The number of likely N-dealkylation sites (tertiary alicyclic amines) is 1. The van der Waals surface area contributed by atoms with Gasteiger partial charge in [-0.25, -0.2) is 4.79 Å². The first-order chi connectivity index (χ1) is 15.9. The Hall–Kier alpha value is -2.16. The maximum Gasteiger partial charge on any atom is 0.327 e. The topological polar surface area (TPSA) is 79.4 Å². The van der Waals surface area contributed by atoms with Crippen LogP contribution >= 0.6 is 11.6 Å². The molecule has 9 heteroatoms. The highest BCUT2D eigenvalue weighted by Crippen LogP contribution is 2.30. The van der Waals surface area contributed by atoms with Gasteiger partial charge in [0.15, 0.2) is 0 Å². The van der Waals surface area contributed by atoms with Crippen LogP contribution in [0.15, 0.2) is 24.3 Å². The van der Waals surface area contributed by atoms with E-state index in [2.05, 4.69) is 9.80 Å². The predicted octanol–water partition coefficient (Wildman–Crippen LogP) is 2.36. The maximum absolute atomic E-state index is 13.2. The molecule has 0 radical (unpaired) electrons. The van der Waals surface area contributed by atoms with Crippen molar-refractivity contribution >= 4 is 29.4 Å². The molecule has 0 bridgehead atoms. The Morgan fingerprint density at radius 2 is 1.76 bits per heavy atom.